The molecule has 1 fully saturated rings. The lowest BCUT2D eigenvalue weighted by Gasteiger charge is -2.36. The molecule has 1 aromatic carbocycles. The maximum atomic E-state index is 13.2. The average Bonchev–Trinajstić information content (AvgIpc) is 2.38. The van der Waals surface area contributed by atoms with Gasteiger partial charge in [-0.1, -0.05) is 13.0 Å². The van der Waals surface area contributed by atoms with Crippen LogP contribution in [-0.2, 0) is 14.8 Å². The quantitative estimate of drug-likeness (QED) is 0.922. The molecule has 0 radical (unpaired) electrons. The fraction of sp³-hybridized carbons (Fsp3) is 0.462. The van der Waals surface area contributed by atoms with E-state index in [-0.39, 0.29) is 17.4 Å². The van der Waals surface area contributed by atoms with Crippen molar-refractivity contribution in [3.63, 3.8) is 0 Å². The lowest BCUT2D eigenvalue weighted by atomic mass is 9.93. The Bertz CT molecular complexity index is 617. The van der Waals surface area contributed by atoms with Gasteiger partial charge in [-0.15, -0.1) is 0 Å². The Kier molecular flexibility index (Phi) is 4.10. The second-order valence-corrected chi connectivity index (χ2v) is 6.87. The number of hydrogen-bond acceptors (Lipinski definition) is 3. The number of aliphatic carboxylic acids is 1. The predicted octanol–water partition coefficient (Wildman–Crippen LogP) is 1.70. The first kappa shape index (κ1) is 14.9. The topological polar surface area (TPSA) is 74.7 Å². The third-order valence-corrected chi connectivity index (χ3v) is 5.42. The van der Waals surface area contributed by atoms with Crippen molar-refractivity contribution >= 4 is 16.0 Å². The van der Waals surface area contributed by atoms with Crippen molar-refractivity contribution in [2.45, 2.75) is 30.7 Å². The number of carboxylic acid groups (broad SMARTS) is 1. The van der Waals surface area contributed by atoms with Gasteiger partial charge >= 0.3 is 5.97 Å². The molecular weight excluding hydrogens is 285 g/mol. The standard InChI is InChI=1S/C13H16FNO4S/c1-9-4-3-7-15(12(9)13(16)17)20(18,19)11-6-2-5-10(14)8-11/h2,5-6,8-9,12H,3-4,7H2,1H3,(H,16,17). The van der Waals surface area contributed by atoms with Crippen molar-refractivity contribution in [2.75, 3.05) is 6.54 Å². The Labute approximate surface area is 117 Å². The van der Waals surface area contributed by atoms with Crippen LogP contribution in [0, 0.1) is 11.7 Å². The smallest absolute Gasteiger partial charge is 0.322 e. The molecule has 0 saturated carbocycles. The molecule has 7 heteroatoms. The summed E-state index contributed by atoms with van der Waals surface area (Å²) >= 11 is 0. The molecular formula is C13H16FNO4S. The number of rotatable bonds is 3. The van der Waals surface area contributed by atoms with Crippen molar-refractivity contribution in [3.05, 3.63) is 30.1 Å². The summed E-state index contributed by atoms with van der Waals surface area (Å²) in [6.45, 7) is 1.85. The van der Waals surface area contributed by atoms with Crippen LogP contribution in [0.2, 0.25) is 0 Å². The van der Waals surface area contributed by atoms with E-state index in [1.807, 2.05) is 0 Å². The molecule has 1 aliphatic rings. The molecule has 1 N–H and O–H groups in total. The molecule has 0 spiro atoms. The van der Waals surface area contributed by atoms with Gasteiger partial charge in [-0.25, -0.2) is 12.8 Å². The number of halogens is 1. The first-order valence-electron chi connectivity index (χ1n) is 6.34. The second kappa shape index (κ2) is 5.49. The normalized spacial score (nSPS) is 24.5. The molecule has 0 aromatic heterocycles. The minimum absolute atomic E-state index is 0.139. The van der Waals surface area contributed by atoms with Crippen molar-refractivity contribution in [1.82, 2.24) is 4.31 Å². The first-order chi connectivity index (χ1) is 9.34. The van der Waals surface area contributed by atoms with Crippen LogP contribution >= 0.6 is 0 Å². The zero-order valence-corrected chi connectivity index (χ0v) is 11.8. The van der Waals surface area contributed by atoms with Crippen LogP contribution in [-0.4, -0.2) is 36.4 Å². The highest BCUT2D eigenvalue weighted by Gasteiger charge is 2.41. The molecule has 2 unspecified atom stereocenters. The zero-order valence-electron chi connectivity index (χ0n) is 11.0. The maximum absolute atomic E-state index is 13.2. The van der Waals surface area contributed by atoms with Gasteiger partial charge in [-0.2, -0.15) is 4.31 Å². The van der Waals surface area contributed by atoms with Gasteiger partial charge in [0.15, 0.2) is 0 Å². The molecule has 0 bridgehead atoms. The van der Waals surface area contributed by atoms with Gasteiger partial charge in [0.1, 0.15) is 11.9 Å². The lowest BCUT2D eigenvalue weighted by molar-refractivity contribution is -0.144. The molecule has 2 atom stereocenters. The van der Waals surface area contributed by atoms with Crippen LogP contribution in [0.4, 0.5) is 4.39 Å². The summed E-state index contributed by atoms with van der Waals surface area (Å²) in [7, 11) is -4.00. The van der Waals surface area contributed by atoms with Gasteiger partial charge in [-0.05, 0) is 37.0 Å². The number of hydrogen-bond donors (Lipinski definition) is 1. The lowest BCUT2D eigenvalue weighted by Crippen LogP contribution is -2.51. The monoisotopic (exact) mass is 301 g/mol. The summed E-state index contributed by atoms with van der Waals surface area (Å²) in [4.78, 5) is 11.1. The fourth-order valence-corrected chi connectivity index (χ4v) is 4.30. The third kappa shape index (κ3) is 2.69. The molecule has 1 saturated heterocycles. The summed E-state index contributed by atoms with van der Waals surface area (Å²) in [6.07, 6.45) is 1.26. The van der Waals surface area contributed by atoms with E-state index in [0.29, 0.717) is 12.8 Å². The molecule has 20 heavy (non-hydrogen) atoms. The molecule has 5 nitrogen and oxygen atoms in total. The largest absolute Gasteiger partial charge is 0.480 e. The van der Waals surface area contributed by atoms with Crippen LogP contribution in [0.25, 0.3) is 0 Å². The zero-order chi connectivity index (χ0) is 14.9. The Morgan fingerprint density at radius 3 is 2.75 bits per heavy atom. The van der Waals surface area contributed by atoms with Gasteiger partial charge in [0.05, 0.1) is 4.90 Å². The van der Waals surface area contributed by atoms with E-state index in [2.05, 4.69) is 0 Å². The van der Waals surface area contributed by atoms with Gasteiger partial charge in [-0.3, -0.25) is 4.79 Å². The highest BCUT2D eigenvalue weighted by Crippen LogP contribution is 2.29. The fourth-order valence-electron chi connectivity index (χ4n) is 2.55. The number of benzene rings is 1. The molecule has 1 aliphatic heterocycles. The van der Waals surface area contributed by atoms with E-state index < -0.39 is 27.9 Å². The molecule has 1 aromatic rings. The molecule has 110 valence electrons. The van der Waals surface area contributed by atoms with E-state index >= 15 is 0 Å². The summed E-state index contributed by atoms with van der Waals surface area (Å²) in [5, 5.41) is 9.26. The Morgan fingerprint density at radius 2 is 2.15 bits per heavy atom. The van der Waals surface area contributed by atoms with E-state index in [4.69, 9.17) is 0 Å². The Balaban J connectivity index is 2.44. The highest BCUT2D eigenvalue weighted by molar-refractivity contribution is 7.89. The molecule has 0 amide bonds. The van der Waals surface area contributed by atoms with E-state index in [1.165, 1.54) is 12.1 Å². The summed E-state index contributed by atoms with van der Waals surface area (Å²) in [6, 6.07) is 3.53. The first-order valence-corrected chi connectivity index (χ1v) is 7.78. The minimum Gasteiger partial charge on any atom is -0.480 e. The number of carbonyl (C=O) groups is 1. The van der Waals surface area contributed by atoms with Crippen molar-refractivity contribution < 1.29 is 22.7 Å². The number of sulfonamides is 1. The van der Waals surface area contributed by atoms with Crippen LogP contribution in [0.1, 0.15) is 19.8 Å². The van der Waals surface area contributed by atoms with Gasteiger partial charge in [0, 0.05) is 6.54 Å². The second-order valence-electron chi connectivity index (χ2n) is 4.98. The SMILES string of the molecule is CC1CCCN(S(=O)(=O)c2cccc(F)c2)C1C(=O)O. The highest BCUT2D eigenvalue weighted by atomic mass is 32.2. The van der Waals surface area contributed by atoms with Crippen LogP contribution in [0.5, 0.6) is 0 Å². The van der Waals surface area contributed by atoms with Crippen LogP contribution < -0.4 is 0 Å². The van der Waals surface area contributed by atoms with Crippen molar-refractivity contribution in [2.24, 2.45) is 5.92 Å². The van der Waals surface area contributed by atoms with Crippen molar-refractivity contribution in [3.8, 4) is 0 Å². The number of piperidine rings is 1. The van der Waals surface area contributed by atoms with Crippen molar-refractivity contribution in [1.29, 1.82) is 0 Å². The number of nitrogens with zero attached hydrogens (tertiary/aromatic N) is 1. The summed E-state index contributed by atoms with van der Waals surface area (Å²) in [5.41, 5.74) is 0. The Hall–Kier alpha value is -1.47. The summed E-state index contributed by atoms with van der Waals surface area (Å²) in [5.74, 6) is -2.11. The van der Waals surface area contributed by atoms with E-state index in [0.717, 1.165) is 16.4 Å². The van der Waals surface area contributed by atoms with E-state index in [1.54, 1.807) is 6.92 Å². The van der Waals surface area contributed by atoms with Gasteiger partial charge in [0.25, 0.3) is 0 Å². The predicted molar refractivity (Wildman–Crippen MR) is 70.1 cm³/mol. The molecule has 1 heterocycles. The average molecular weight is 301 g/mol. The third-order valence-electron chi connectivity index (χ3n) is 3.54. The molecule has 2 rings (SSSR count). The van der Waals surface area contributed by atoms with Crippen LogP contribution in [0.3, 0.4) is 0 Å². The van der Waals surface area contributed by atoms with Gasteiger partial charge < -0.3 is 5.11 Å². The summed E-state index contributed by atoms with van der Waals surface area (Å²) < 4.78 is 39.2. The minimum atomic E-state index is -4.00. The maximum Gasteiger partial charge on any atom is 0.322 e. The van der Waals surface area contributed by atoms with E-state index in [9.17, 15) is 22.7 Å². The number of carboxylic acids is 1. The van der Waals surface area contributed by atoms with Gasteiger partial charge in [0.2, 0.25) is 10.0 Å². The molecule has 0 aliphatic carbocycles. The van der Waals surface area contributed by atoms with Crippen LogP contribution in [0.15, 0.2) is 29.2 Å². The Morgan fingerprint density at radius 1 is 1.45 bits per heavy atom.